The third kappa shape index (κ3) is 5.68. The first-order valence-electron chi connectivity index (χ1n) is 14.5. The average molecular weight is 604 g/mol. The van der Waals surface area contributed by atoms with Gasteiger partial charge >= 0.3 is 0 Å². The largest absolute Gasteiger partial charge is 0.397 e. The number of hydrogen-bond donors (Lipinski definition) is 3. The van der Waals surface area contributed by atoms with Crippen molar-refractivity contribution in [2.75, 3.05) is 61.8 Å². The molecule has 10 heteroatoms. The van der Waals surface area contributed by atoms with Crippen LogP contribution in [-0.4, -0.2) is 61.4 Å². The van der Waals surface area contributed by atoms with Gasteiger partial charge in [0.2, 0.25) is 5.95 Å². The molecule has 4 N–H and O–H groups in total. The van der Waals surface area contributed by atoms with E-state index in [2.05, 4.69) is 50.6 Å². The number of aromatic nitrogens is 2. The van der Waals surface area contributed by atoms with Gasteiger partial charge in [-0.1, -0.05) is 41.9 Å². The van der Waals surface area contributed by atoms with Crippen LogP contribution in [-0.2, 0) is 4.57 Å². The molecule has 0 bridgehead atoms. The number of nitrogens with one attached hydrogen (secondary N) is 2. The average Bonchev–Trinajstić information content (AvgIpc) is 2.93. The molecule has 1 spiro atoms. The Morgan fingerprint density at radius 1 is 1.05 bits per heavy atom. The first kappa shape index (κ1) is 28.8. The van der Waals surface area contributed by atoms with Crippen LogP contribution >= 0.6 is 18.7 Å². The molecule has 1 saturated carbocycles. The van der Waals surface area contributed by atoms with E-state index in [0.29, 0.717) is 27.9 Å². The Bertz CT molecular complexity index is 1670. The van der Waals surface area contributed by atoms with Crippen LogP contribution in [0.25, 0.3) is 10.8 Å². The molecule has 6 rings (SSSR count). The van der Waals surface area contributed by atoms with E-state index < -0.39 is 7.14 Å². The highest BCUT2D eigenvalue weighted by Gasteiger charge is 2.46. The van der Waals surface area contributed by atoms with Crippen molar-refractivity contribution >= 4 is 69.3 Å². The van der Waals surface area contributed by atoms with Crippen LogP contribution in [0.2, 0.25) is 5.02 Å². The molecule has 0 atom stereocenters. The SMILES string of the molecule is CN(C)C1CC2(CCN(c3ccc(Nc4ncc(Cl)c(Nc5ccc6ccccc6c5P(C)(C)=O)n4)cc3N)CC2)C1. The summed E-state index contributed by atoms with van der Waals surface area (Å²) in [5.41, 5.74) is 10.4. The van der Waals surface area contributed by atoms with Crippen molar-refractivity contribution in [3.8, 4) is 0 Å². The predicted octanol–water partition coefficient (Wildman–Crippen LogP) is 6.91. The van der Waals surface area contributed by atoms with Crippen LogP contribution in [0, 0.1) is 5.41 Å². The maximum atomic E-state index is 13.4. The Labute approximate surface area is 253 Å². The van der Waals surface area contributed by atoms with E-state index in [-0.39, 0.29) is 0 Å². The van der Waals surface area contributed by atoms with Crippen molar-refractivity contribution in [2.45, 2.75) is 31.7 Å². The minimum absolute atomic E-state index is 0.364. The Morgan fingerprint density at radius 2 is 1.79 bits per heavy atom. The number of nitrogens with two attached hydrogens (primary N) is 1. The fourth-order valence-electron chi connectivity index (χ4n) is 6.56. The lowest BCUT2D eigenvalue weighted by molar-refractivity contribution is 0.00492. The third-order valence-electron chi connectivity index (χ3n) is 8.95. The lowest BCUT2D eigenvalue weighted by Crippen LogP contribution is -2.53. The molecule has 2 heterocycles. The van der Waals surface area contributed by atoms with E-state index >= 15 is 0 Å². The number of fused-ring (bicyclic) bond motifs is 1. The first-order valence-corrected chi connectivity index (χ1v) is 17.4. The molecular weight excluding hydrogens is 565 g/mol. The fourth-order valence-corrected chi connectivity index (χ4v) is 8.20. The predicted molar refractivity (Wildman–Crippen MR) is 178 cm³/mol. The summed E-state index contributed by atoms with van der Waals surface area (Å²) in [7, 11) is 1.74. The van der Waals surface area contributed by atoms with Gasteiger partial charge in [0.15, 0.2) is 5.82 Å². The molecular formula is C32H39ClN7OP. The van der Waals surface area contributed by atoms with E-state index in [0.717, 1.165) is 52.3 Å². The summed E-state index contributed by atoms with van der Waals surface area (Å²) in [6.07, 6.45) is 6.61. The maximum absolute atomic E-state index is 13.4. The van der Waals surface area contributed by atoms with E-state index in [4.69, 9.17) is 17.3 Å². The molecule has 220 valence electrons. The van der Waals surface area contributed by atoms with Gasteiger partial charge in [-0.3, -0.25) is 0 Å². The molecule has 1 aromatic heterocycles. The van der Waals surface area contributed by atoms with Crippen LogP contribution < -0.4 is 26.6 Å². The van der Waals surface area contributed by atoms with Crippen LogP contribution in [0.15, 0.2) is 60.8 Å². The number of anilines is 6. The molecule has 1 saturated heterocycles. The highest BCUT2D eigenvalue weighted by molar-refractivity contribution is 7.71. The second-order valence-electron chi connectivity index (χ2n) is 12.5. The maximum Gasteiger partial charge on any atom is 0.229 e. The number of piperidine rings is 1. The lowest BCUT2D eigenvalue weighted by atomic mass is 9.60. The van der Waals surface area contributed by atoms with Gasteiger partial charge in [-0.05, 0) is 93.6 Å². The number of benzene rings is 3. The summed E-state index contributed by atoms with van der Waals surface area (Å²) in [5.74, 6) is 0.811. The van der Waals surface area contributed by atoms with Gasteiger partial charge in [-0.15, -0.1) is 0 Å². The summed E-state index contributed by atoms with van der Waals surface area (Å²) < 4.78 is 13.4. The van der Waals surface area contributed by atoms with E-state index in [9.17, 15) is 4.57 Å². The van der Waals surface area contributed by atoms with Gasteiger partial charge in [0.05, 0.1) is 23.3 Å². The highest BCUT2D eigenvalue weighted by Crippen LogP contribution is 2.51. The Kier molecular flexibility index (Phi) is 7.58. The molecule has 42 heavy (non-hydrogen) atoms. The minimum Gasteiger partial charge on any atom is -0.397 e. The topological polar surface area (TPSA) is 99.4 Å². The zero-order valence-corrected chi connectivity index (χ0v) is 26.3. The second kappa shape index (κ2) is 11.1. The van der Waals surface area contributed by atoms with Crippen molar-refractivity contribution in [2.24, 2.45) is 5.41 Å². The Morgan fingerprint density at radius 3 is 2.48 bits per heavy atom. The van der Waals surface area contributed by atoms with Crippen LogP contribution in [0.5, 0.6) is 0 Å². The van der Waals surface area contributed by atoms with Crippen molar-refractivity contribution in [3.05, 3.63) is 65.8 Å². The van der Waals surface area contributed by atoms with Gasteiger partial charge < -0.3 is 30.7 Å². The summed E-state index contributed by atoms with van der Waals surface area (Å²) in [6.45, 7) is 5.62. The summed E-state index contributed by atoms with van der Waals surface area (Å²) in [5, 5.41) is 9.71. The normalized spacial score (nSPS) is 17.0. The van der Waals surface area contributed by atoms with Crippen LogP contribution in [0.1, 0.15) is 25.7 Å². The molecule has 1 aliphatic heterocycles. The molecule has 3 aromatic carbocycles. The fraction of sp³-hybridized carbons (Fsp3) is 0.375. The highest BCUT2D eigenvalue weighted by atomic mass is 35.5. The van der Waals surface area contributed by atoms with Gasteiger partial charge in [0, 0.05) is 30.1 Å². The minimum atomic E-state index is -2.64. The third-order valence-corrected chi connectivity index (χ3v) is 10.8. The van der Waals surface area contributed by atoms with E-state index in [1.807, 2.05) is 48.5 Å². The smallest absolute Gasteiger partial charge is 0.229 e. The summed E-state index contributed by atoms with van der Waals surface area (Å²) >= 11 is 6.51. The lowest BCUT2D eigenvalue weighted by Gasteiger charge is -2.54. The van der Waals surface area contributed by atoms with E-state index in [1.165, 1.54) is 25.7 Å². The summed E-state index contributed by atoms with van der Waals surface area (Å²) in [6, 6.07) is 18.6. The van der Waals surface area contributed by atoms with Crippen molar-refractivity contribution < 1.29 is 4.57 Å². The molecule has 0 amide bonds. The van der Waals surface area contributed by atoms with Gasteiger partial charge in [0.1, 0.15) is 12.2 Å². The van der Waals surface area contributed by atoms with Crippen molar-refractivity contribution in [1.82, 2.24) is 14.9 Å². The standard InChI is InChI=1S/C32H39ClN7OP/c1-39(2)23-18-32(19-23)13-15-40(16-14-32)28-12-10-22(17-26(28)34)36-31-35-20-25(33)30(38-31)37-27-11-9-21-7-5-6-8-24(21)29(27)42(3,4)41/h5-12,17,20,23H,13-16,18-19,34H2,1-4H3,(H2,35,36,37,38). The number of rotatable bonds is 7. The first-order chi connectivity index (χ1) is 20.0. The van der Waals surface area contributed by atoms with Crippen LogP contribution in [0.3, 0.4) is 0 Å². The number of halogens is 1. The Hall–Kier alpha value is -3.32. The van der Waals surface area contributed by atoms with Gasteiger partial charge in [0.25, 0.3) is 0 Å². The number of nitrogens with zero attached hydrogens (tertiary/aromatic N) is 4. The van der Waals surface area contributed by atoms with Gasteiger partial charge in [-0.25, -0.2) is 4.98 Å². The molecule has 1 aliphatic carbocycles. The molecule has 2 fully saturated rings. The van der Waals surface area contributed by atoms with E-state index in [1.54, 1.807) is 19.5 Å². The second-order valence-corrected chi connectivity index (χ2v) is 16.0. The number of nitrogen functional groups attached to an aromatic ring is 1. The Balaban J connectivity index is 1.17. The quantitative estimate of drug-likeness (QED) is 0.155. The molecule has 4 aromatic rings. The zero-order valence-electron chi connectivity index (χ0n) is 24.7. The van der Waals surface area contributed by atoms with Crippen molar-refractivity contribution in [3.63, 3.8) is 0 Å². The van der Waals surface area contributed by atoms with Crippen LogP contribution in [0.4, 0.5) is 34.5 Å². The molecule has 0 radical (unpaired) electrons. The summed E-state index contributed by atoms with van der Waals surface area (Å²) in [4.78, 5) is 13.8. The molecule has 2 aliphatic rings. The zero-order chi connectivity index (χ0) is 29.6. The molecule has 8 nitrogen and oxygen atoms in total. The van der Waals surface area contributed by atoms with Crippen molar-refractivity contribution in [1.29, 1.82) is 0 Å². The van der Waals surface area contributed by atoms with Gasteiger partial charge in [-0.2, -0.15) is 4.98 Å². The molecule has 0 unspecified atom stereocenters. The monoisotopic (exact) mass is 603 g/mol. The number of hydrogen-bond acceptors (Lipinski definition) is 8.